The van der Waals surface area contributed by atoms with Gasteiger partial charge in [-0.25, -0.2) is 4.79 Å². The summed E-state index contributed by atoms with van der Waals surface area (Å²) in [4.78, 5) is 18.2. The minimum Gasteiger partial charge on any atom is -0.444 e. The SMILES string of the molecule is C[C@H](OCCC1CCN(C(=O)OC(C)(C)C)CC1)c1ccccn1. The van der Waals surface area contributed by atoms with Gasteiger partial charge in [-0.1, -0.05) is 6.07 Å². The van der Waals surface area contributed by atoms with Crippen LogP contribution in [0.25, 0.3) is 0 Å². The van der Waals surface area contributed by atoms with Crippen molar-refractivity contribution in [1.29, 1.82) is 0 Å². The fraction of sp³-hybridized carbons (Fsp3) is 0.684. The number of ether oxygens (including phenoxy) is 2. The molecule has 5 nitrogen and oxygen atoms in total. The van der Waals surface area contributed by atoms with Gasteiger partial charge in [-0.2, -0.15) is 0 Å². The lowest BCUT2D eigenvalue weighted by Gasteiger charge is -2.33. The lowest BCUT2D eigenvalue weighted by molar-refractivity contribution is 0.0142. The molecule has 0 aromatic carbocycles. The average molecular weight is 334 g/mol. The molecule has 0 saturated carbocycles. The van der Waals surface area contributed by atoms with Gasteiger partial charge in [-0.3, -0.25) is 4.98 Å². The average Bonchev–Trinajstić information content (AvgIpc) is 2.54. The van der Waals surface area contributed by atoms with Crippen molar-refractivity contribution in [3.05, 3.63) is 30.1 Å². The number of carbonyl (C=O) groups is 1. The first-order valence-corrected chi connectivity index (χ1v) is 8.85. The number of hydrogen-bond acceptors (Lipinski definition) is 4. The first-order valence-electron chi connectivity index (χ1n) is 8.85. The van der Waals surface area contributed by atoms with Crippen molar-refractivity contribution in [3.8, 4) is 0 Å². The molecule has 0 N–H and O–H groups in total. The second kappa shape index (κ2) is 8.47. The number of amides is 1. The Labute approximate surface area is 145 Å². The van der Waals surface area contributed by atoms with Crippen LogP contribution in [0.3, 0.4) is 0 Å². The van der Waals surface area contributed by atoms with Gasteiger partial charge in [-0.05, 0) is 65.0 Å². The monoisotopic (exact) mass is 334 g/mol. The Morgan fingerprint density at radius 1 is 1.33 bits per heavy atom. The van der Waals surface area contributed by atoms with Crippen LogP contribution in [0.15, 0.2) is 24.4 Å². The Balaban J connectivity index is 1.65. The molecule has 1 saturated heterocycles. The molecule has 1 atom stereocenters. The van der Waals surface area contributed by atoms with Crippen molar-refractivity contribution in [2.45, 2.75) is 58.7 Å². The fourth-order valence-electron chi connectivity index (χ4n) is 2.84. The smallest absolute Gasteiger partial charge is 0.410 e. The Morgan fingerprint density at radius 2 is 2.04 bits per heavy atom. The van der Waals surface area contributed by atoms with Crippen LogP contribution in [0.4, 0.5) is 4.79 Å². The third kappa shape index (κ3) is 6.11. The minimum absolute atomic E-state index is 0.0213. The number of likely N-dealkylation sites (tertiary alicyclic amines) is 1. The van der Waals surface area contributed by atoms with Gasteiger partial charge < -0.3 is 14.4 Å². The lowest BCUT2D eigenvalue weighted by atomic mass is 9.94. The van der Waals surface area contributed by atoms with E-state index >= 15 is 0 Å². The lowest BCUT2D eigenvalue weighted by Crippen LogP contribution is -2.41. The van der Waals surface area contributed by atoms with E-state index in [-0.39, 0.29) is 12.2 Å². The first kappa shape index (κ1) is 18.7. The van der Waals surface area contributed by atoms with Gasteiger partial charge in [0, 0.05) is 25.9 Å². The molecular weight excluding hydrogens is 304 g/mol. The fourth-order valence-corrected chi connectivity index (χ4v) is 2.84. The van der Waals surface area contributed by atoms with Crippen LogP contribution in [-0.4, -0.2) is 41.3 Å². The highest BCUT2D eigenvalue weighted by Crippen LogP contribution is 2.23. The van der Waals surface area contributed by atoms with Crippen molar-refractivity contribution >= 4 is 6.09 Å². The Bertz CT molecular complexity index is 505. The maximum absolute atomic E-state index is 12.1. The van der Waals surface area contributed by atoms with Crippen LogP contribution >= 0.6 is 0 Å². The summed E-state index contributed by atoms with van der Waals surface area (Å²) in [6, 6.07) is 5.88. The zero-order valence-electron chi connectivity index (χ0n) is 15.3. The van der Waals surface area contributed by atoms with Gasteiger partial charge in [0.25, 0.3) is 0 Å². The first-order chi connectivity index (χ1) is 11.3. The molecule has 24 heavy (non-hydrogen) atoms. The van der Waals surface area contributed by atoms with Crippen molar-refractivity contribution in [1.82, 2.24) is 9.88 Å². The van der Waals surface area contributed by atoms with Crippen molar-refractivity contribution < 1.29 is 14.3 Å². The molecule has 2 rings (SSSR count). The predicted octanol–water partition coefficient (Wildman–Crippen LogP) is 4.20. The molecule has 1 aliphatic rings. The van der Waals surface area contributed by atoms with Crippen LogP contribution < -0.4 is 0 Å². The molecule has 1 amide bonds. The molecule has 1 fully saturated rings. The normalized spacial score (nSPS) is 17.6. The standard InChI is InChI=1S/C19H30N2O3/c1-15(17-7-5-6-11-20-17)23-14-10-16-8-12-21(13-9-16)18(22)24-19(2,3)4/h5-7,11,15-16H,8-10,12-14H2,1-4H3/t15-/m0/s1. The van der Waals surface area contributed by atoms with E-state index in [0.717, 1.165) is 44.7 Å². The number of nitrogens with zero attached hydrogens (tertiary/aromatic N) is 2. The number of carbonyl (C=O) groups excluding carboxylic acids is 1. The summed E-state index contributed by atoms with van der Waals surface area (Å²) in [5.74, 6) is 0.611. The highest BCUT2D eigenvalue weighted by atomic mass is 16.6. The summed E-state index contributed by atoms with van der Waals surface area (Å²) in [5.41, 5.74) is 0.542. The van der Waals surface area contributed by atoms with Gasteiger partial charge in [0.05, 0.1) is 11.8 Å². The molecule has 0 bridgehead atoms. The van der Waals surface area contributed by atoms with Gasteiger partial charge in [-0.15, -0.1) is 0 Å². The quantitative estimate of drug-likeness (QED) is 0.810. The topological polar surface area (TPSA) is 51.7 Å². The number of aromatic nitrogens is 1. The Morgan fingerprint density at radius 3 is 2.62 bits per heavy atom. The van der Waals surface area contributed by atoms with Gasteiger partial charge in [0.1, 0.15) is 5.60 Å². The summed E-state index contributed by atoms with van der Waals surface area (Å²) in [7, 11) is 0. The van der Waals surface area contributed by atoms with Gasteiger partial charge in [0.2, 0.25) is 0 Å². The van der Waals surface area contributed by atoms with Crippen molar-refractivity contribution in [2.24, 2.45) is 5.92 Å². The molecular formula is C19H30N2O3. The molecule has 134 valence electrons. The summed E-state index contributed by atoms with van der Waals surface area (Å²) >= 11 is 0. The number of rotatable bonds is 5. The highest BCUT2D eigenvalue weighted by Gasteiger charge is 2.26. The van der Waals surface area contributed by atoms with E-state index < -0.39 is 5.60 Å². The molecule has 5 heteroatoms. The third-order valence-electron chi connectivity index (χ3n) is 4.26. The Hall–Kier alpha value is -1.62. The minimum atomic E-state index is -0.427. The number of pyridine rings is 1. The van der Waals surface area contributed by atoms with Crippen LogP contribution in [0, 0.1) is 5.92 Å². The zero-order valence-corrected chi connectivity index (χ0v) is 15.3. The van der Waals surface area contributed by atoms with E-state index in [9.17, 15) is 4.79 Å². The number of hydrogen-bond donors (Lipinski definition) is 0. The molecule has 0 unspecified atom stereocenters. The van der Waals surface area contributed by atoms with E-state index in [2.05, 4.69) is 4.98 Å². The zero-order chi connectivity index (χ0) is 17.6. The molecule has 1 aromatic rings. The van der Waals surface area contributed by atoms with Gasteiger partial charge in [0.15, 0.2) is 0 Å². The molecule has 1 aromatic heterocycles. The maximum atomic E-state index is 12.1. The predicted molar refractivity (Wildman–Crippen MR) is 93.8 cm³/mol. The molecule has 1 aliphatic heterocycles. The van der Waals surface area contributed by atoms with E-state index in [1.54, 1.807) is 6.20 Å². The molecule has 0 aliphatic carbocycles. The maximum Gasteiger partial charge on any atom is 0.410 e. The third-order valence-corrected chi connectivity index (χ3v) is 4.26. The van der Waals surface area contributed by atoms with Crippen LogP contribution in [0.1, 0.15) is 58.8 Å². The van der Waals surface area contributed by atoms with Crippen LogP contribution in [-0.2, 0) is 9.47 Å². The number of piperidine rings is 1. The van der Waals surface area contributed by atoms with Crippen LogP contribution in [0.2, 0.25) is 0 Å². The molecule has 0 spiro atoms. The van der Waals surface area contributed by atoms with Gasteiger partial charge >= 0.3 is 6.09 Å². The molecule has 2 heterocycles. The highest BCUT2D eigenvalue weighted by molar-refractivity contribution is 5.68. The van der Waals surface area contributed by atoms with E-state index in [0.29, 0.717) is 5.92 Å². The Kier molecular flexibility index (Phi) is 6.60. The second-order valence-corrected chi connectivity index (χ2v) is 7.47. The summed E-state index contributed by atoms with van der Waals surface area (Å²) in [6.45, 7) is 10.0. The van der Waals surface area contributed by atoms with E-state index in [4.69, 9.17) is 9.47 Å². The van der Waals surface area contributed by atoms with Crippen molar-refractivity contribution in [2.75, 3.05) is 19.7 Å². The van der Waals surface area contributed by atoms with E-state index in [1.807, 2.05) is 50.8 Å². The summed E-state index contributed by atoms with van der Waals surface area (Å²) < 4.78 is 11.3. The largest absolute Gasteiger partial charge is 0.444 e. The summed E-state index contributed by atoms with van der Waals surface area (Å²) in [6.07, 6.45) is 4.68. The van der Waals surface area contributed by atoms with E-state index in [1.165, 1.54) is 0 Å². The second-order valence-electron chi connectivity index (χ2n) is 7.47. The van der Waals surface area contributed by atoms with Crippen LogP contribution in [0.5, 0.6) is 0 Å². The summed E-state index contributed by atoms with van der Waals surface area (Å²) in [5, 5.41) is 0. The molecule has 0 radical (unpaired) electrons. The van der Waals surface area contributed by atoms with Crippen molar-refractivity contribution in [3.63, 3.8) is 0 Å².